The summed E-state index contributed by atoms with van der Waals surface area (Å²) in [6, 6.07) is 17.2. The topological polar surface area (TPSA) is 27.7 Å². The normalized spacial score (nSPS) is 20.0. The third-order valence-corrected chi connectivity index (χ3v) is 8.70. The van der Waals surface area contributed by atoms with Gasteiger partial charge in [0, 0.05) is 17.1 Å². The van der Waals surface area contributed by atoms with Gasteiger partial charge in [-0.2, -0.15) is 0 Å². The summed E-state index contributed by atoms with van der Waals surface area (Å²) in [5.41, 5.74) is 2.73. The molecule has 1 saturated heterocycles. The van der Waals surface area contributed by atoms with Crippen LogP contribution in [0, 0.1) is 0 Å². The van der Waals surface area contributed by atoms with E-state index in [1.807, 2.05) is 0 Å². The van der Waals surface area contributed by atoms with Crippen molar-refractivity contribution in [3.63, 3.8) is 0 Å². The van der Waals surface area contributed by atoms with E-state index in [0.717, 1.165) is 30.9 Å². The number of unbranched alkanes of at least 4 members (excludes halogenated alkanes) is 9. The van der Waals surface area contributed by atoms with E-state index in [1.165, 1.54) is 75.3 Å². The maximum absolute atomic E-state index is 6.49. The molecule has 0 spiro atoms. The Morgan fingerprint density at radius 1 is 0.629 bits per heavy atom. The van der Waals surface area contributed by atoms with E-state index in [2.05, 4.69) is 67.2 Å². The van der Waals surface area contributed by atoms with Crippen molar-refractivity contribution in [3.8, 4) is 11.5 Å². The average Bonchev–Trinajstić information content (AvgIpc) is 2.91. The molecule has 2 unspecified atom stereocenters. The predicted molar refractivity (Wildman–Crippen MR) is 150 cm³/mol. The zero-order valence-corrected chi connectivity index (χ0v) is 23.0. The van der Waals surface area contributed by atoms with Crippen molar-refractivity contribution < 1.29 is 14.2 Å². The molecule has 0 aromatic heterocycles. The van der Waals surface area contributed by atoms with Gasteiger partial charge in [-0.15, -0.1) is 11.8 Å². The van der Waals surface area contributed by atoms with Crippen molar-refractivity contribution in [2.45, 2.75) is 101 Å². The lowest BCUT2D eigenvalue weighted by Crippen LogP contribution is -2.24. The molecule has 0 amide bonds. The summed E-state index contributed by atoms with van der Waals surface area (Å²) in [6.45, 7) is 3.17. The molecule has 0 N–H and O–H groups in total. The van der Waals surface area contributed by atoms with Crippen LogP contribution in [0.2, 0.25) is 0 Å². The third-order valence-electron chi connectivity index (χ3n) is 7.11. The fourth-order valence-corrected chi connectivity index (χ4v) is 6.60. The maximum Gasteiger partial charge on any atom is 0.118 e. The van der Waals surface area contributed by atoms with Crippen molar-refractivity contribution >= 4 is 11.8 Å². The molecule has 0 bridgehead atoms. The van der Waals surface area contributed by atoms with Crippen LogP contribution >= 0.6 is 11.8 Å². The highest BCUT2D eigenvalue weighted by molar-refractivity contribution is 7.99. The number of methoxy groups -OCH3 is 2. The molecule has 3 nitrogen and oxygen atoms in total. The summed E-state index contributed by atoms with van der Waals surface area (Å²) in [4.78, 5) is 0. The Labute approximate surface area is 218 Å². The molecule has 0 radical (unpaired) electrons. The molecular formula is C31H46O3S. The molecule has 0 saturated carbocycles. The van der Waals surface area contributed by atoms with Gasteiger partial charge in [0.1, 0.15) is 11.5 Å². The van der Waals surface area contributed by atoms with Crippen molar-refractivity contribution in [3.05, 3.63) is 59.7 Å². The van der Waals surface area contributed by atoms with Gasteiger partial charge in [0.2, 0.25) is 0 Å². The summed E-state index contributed by atoms with van der Waals surface area (Å²) in [7, 11) is 3.45. The highest BCUT2D eigenvalue weighted by Gasteiger charge is 2.32. The van der Waals surface area contributed by atoms with Crippen LogP contribution in [0.25, 0.3) is 0 Å². The van der Waals surface area contributed by atoms with Crippen LogP contribution in [-0.4, -0.2) is 26.9 Å². The Morgan fingerprint density at radius 2 is 1.06 bits per heavy atom. The molecule has 2 aromatic carbocycles. The highest BCUT2D eigenvalue weighted by atomic mass is 32.2. The molecule has 1 heterocycles. The van der Waals surface area contributed by atoms with Gasteiger partial charge in [-0.1, -0.05) is 89.0 Å². The van der Waals surface area contributed by atoms with Gasteiger partial charge in [0.05, 0.1) is 20.3 Å². The largest absolute Gasteiger partial charge is 0.497 e. The van der Waals surface area contributed by atoms with Crippen LogP contribution < -0.4 is 9.47 Å². The third kappa shape index (κ3) is 9.73. The summed E-state index contributed by atoms with van der Waals surface area (Å²) in [5.74, 6) is 1.82. The van der Waals surface area contributed by atoms with Crippen molar-refractivity contribution in [2.24, 2.45) is 0 Å². The minimum Gasteiger partial charge on any atom is -0.497 e. The van der Waals surface area contributed by atoms with Gasteiger partial charge in [0.15, 0.2) is 0 Å². The van der Waals surface area contributed by atoms with E-state index in [9.17, 15) is 0 Å². The summed E-state index contributed by atoms with van der Waals surface area (Å²) in [5, 5.41) is 0.860. The molecular weight excluding hydrogens is 452 g/mol. The second-order valence-electron chi connectivity index (χ2n) is 9.81. The standard InChI is InChI=1S/C31H46O3S/c1-4-5-6-7-8-9-10-11-12-13-22-34-29-23-30(25-14-18-27(32-2)19-15-25)35-31(24-29)26-16-20-28(33-3)21-17-26/h14-21,29-31H,4-13,22-24H2,1-3H3. The first kappa shape index (κ1) is 27.9. The van der Waals surface area contributed by atoms with Gasteiger partial charge >= 0.3 is 0 Å². The summed E-state index contributed by atoms with van der Waals surface area (Å²) >= 11 is 2.07. The van der Waals surface area contributed by atoms with Crippen LogP contribution in [0.15, 0.2) is 48.5 Å². The smallest absolute Gasteiger partial charge is 0.118 e. The fourth-order valence-electron chi connectivity index (χ4n) is 4.93. The lowest BCUT2D eigenvalue weighted by atomic mass is 9.98. The monoisotopic (exact) mass is 498 g/mol. The molecule has 1 aliphatic rings. The Bertz CT molecular complexity index is 749. The zero-order chi connectivity index (χ0) is 24.7. The van der Waals surface area contributed by atoms with Crippen LogP contribution in [0.3, 0.4) is 0 Å². The van der Waals surface area contributed by atoms with Crippen LogP contribution in [0.1, 0.15) is 106 Å². The number of rotatable bonds is 16. The summed E-state index contributed by atoms with van der Waals surface area (Å²) < 4.78 is 17.2. The summed E-state index contributed by atoms with van der Waals surface area (Å²) in [6.07, 6.45) is 16.0. The molecule has 35 heavy (non-hydrogen) atoms. The van der Waals surface area contributed by atoms with Crippen LogP contribution in [0.5, 0.6) is 11.5 Å². The Kier molecular flexibility index (Phi) is 12.9. The van der Waals surface area contributed by atoms with Crippen molar-refractivity contribution in [1.82, 2.24) is 0 Å². The fraction of sp³-hybridized carbons (Fsp3) is 0.613. The number of hydrogen-bond acceptors (Lipinski definition) is 4. The Morgan fingerprint density at radius 3 is 1.49 bits per heavy atom. The van der Waals surface area contributed by atoms with E-state index < -0.39 is 0 Å². The molecule has 0 aliphatic carbocycles. The lowest BCUT2D eigenvalue weighted by Gasteiger charge is -2.35. The number of hydrogen-bond donors (Lipinski definition) is 0. The van der Waals surface area contributed by atoms with Crippen molar-refractivity contribution in [2.75, 3.05) is 20.8 Å². The number of benzene rings is 2. The van der Waals surface area contributed by atoms with Gasteiger partial charge in [-0.3, -0.25) is 0 Å². The zero-order valence-electron chi connectivity index (χ0n) is 22.2. The van der Waals surface area contributed by atoms with E-state index in [4.69, 9.17) is 14.2 Å². The molecule has 1 fully saturated rings. The number of ether oxygens (including phenoxy) is 3. The first-order valence-corrected chi connectivity index (χ1v) is 14.7. The van der Waals surface area contributed by atoms with Crippen molar-refractivity contribution in [1.29, 1.82) is 0 Å². The molecule has 1 aliphatic heterocycles. The minimum atomic E-state index is 0.300. The molecule has 3 rings (SSSR count). The van der Waals surface area contributed by atoms with Gasteiger partial charge < -0.3 is 14.2 Å². The second kappa shape index (κ2) is 16.2. The second-order valence-corrected chi connectivity index (χ2v) is 11.2. The predicted octanol–water partition coefficient (Wildman–Crippen LogP) is 9.32. The van der Waals surface area contributed by atoms with Gasteiger partial charge in [-0.05, 0) is 54.7 Å². The Hall–Kier alpha value is -1.65. The van der Waals surface area contributed by atoms with E-state index >= 15 is 0 Å². The Balaban J connectivity index is 1.48. The lowest BCUT2D eigenvalue weighted by molar-refractivity contribution is 0.0356. The number of thioether (sulfide) groups is 1. The van der Waals surface area contributed by atoms with Crippen LogP contribution in [-0.2, 0) is 4.74 Å². The van der Waals surface area contributed by atoms with Crippen LogP contribution in [0.4, 0.5) is 0 Å². The molecule has 194 valence electrons. The first-order chi connectivity index (χ1) is 17.2. The minimum absolute atomic E-state index is 0.300. The van der Waals surface area contributed by atoms with E-state index in [-0.39, 0.29) is 0 Å². The SMILES string of the molecule is CCCCCCCCCCCCOC1CC(c2ccc(OC)cc2)SC(c2ccc(OC)cc2)C1. The van der Waals surface area contributed by atoms with Gasteiger partial charge in [-0.25, -0.2) is 0 Å². The quantitative estimate of drug-likeness (QED) is 0.215. The molecule has 2 atom stereocenters. The van der Waals surface area contributed by atoms with Gasteiger partial charge in [0.25, 0.3) is 0 Å². The first-order valence-electron chi connectivity index (χ1n) is 13.8. The maximum atomic E-state index is 6.49. The van der Waals surface area contributed by atoms with E-state index in [0.29, 0.717) is 16.6 Å². The molecule has 4 heteroatoms. The molecule has 2 aromatic rings. The highest BCUT2D eigenvalue weighted by Crippen LogP contribution is 2.51. The average molecular weight is 499 g/mol. The van der Waals surface area contributed by atoms with E-state index in [1.54, 1.807) is 14.2 Å².